The molecule has 5 rings (SSSR count). The van der Waals surface area contributed by atoms with Gasteiger partial charge in [-0.25, -0.2) is 4.98 Å². The lowest BCUT2D eigenvalue weighted by molar-refractivity contribution is 0.102. The number of aromatic nitrogens is 1. The van der Waals surface area contributed by atoms with Crippen LogP contribution in [0.2, 0.25) is 0 Å². The lowest BCUT2D eigenvalue weighted by Crippen LogP contribution is -2.54. The Morgan fingerprint density at radius 3 is 2.53 bits per heavy atom. The number of nitrogens with zero attached hydrogens (tertiary/aromatic N) is 1. The summed E-state index contributed by atoms with van der Waals surface area (Å²) in [5.41, 5.74) is 3.69. The number of rotatable bonds is 3. The molecule has 32 heavy (non-hydrogen) atoms. The van der Waals surface area contributed by atoms with Gasteiger partial charge >= 0.3 is 0 Å². The van der Waals surface area contributed by atoms with E-state index in [4.69, 9.17) is 4.98 Å². The number of thiazole rings is 1. The molecule has 2 aromatic carbocycles. The molecule has 2 aromatic heterocycles. The molecule has 0 spiro atoms. The van der Waals surface area contributed by atoms with Gasteiger partial charge in [-0.05, 0) is 79.9 Å². The van der Waals surface area contributed by atoms with E-state index in [0.29, 0.717) is 5.56 Å². The molecule has 0 radical (unpaired) electrons. The first-order chi connectivity index (χ1) is 15.1. The van der Waals surface area contributed by atoms with E-state index in [1.807, 2.05) is 42.5 Å². The quantitative estimate of drug-likeness (QED) is 0.297. The average Bonchev–Trinajstić information content (AvgIpc) is 3.28. The van der Waals surface area contributed by atoms with E-state index < -0.39 is 0 Å². The van der Waals surface area contributed by atoms with Crippen molar-refractivity contribution in [2.75, 3.05) is 5.32 Å². The Labute approximate surface area is 204 Å². The van der Waals surface area contributed by atoms with Crippen LogP contribution < -0.4 is 10.6 Å². The summed E-state index contributed by atoms with van der Waals surface area (Å²) in [7, 11) is 0. The van der Waals surface area contributed by atoms with Gasteiger partial charge in [-0.15, -0.1) is 22.7 Å². The predicted octanol–water partition coefficient (Wildman–Crippen LogP) is 7.20. The molecule has 0 atom stereocenters. The number of nitrogens with one attached hydrogen (secondary N) is 2. The van der Waals surface area contributed by atoms with E-state index in [9.17, 15) is 4.79 Å². The van der Waals surface area contributed by atoms with E-state index in [1.54, 1.807) is 22.7 Å². The van der Waals surface area contributed by atoms with Gasteiger partial charge in [0, 0.05) is 26.0 Å². The third-order valence-electron chi connectivity index (χ3n) is 5.70. The minimum atomic E-state index is -0.205. The van der Waals surface area contributed by atoms with Crippen LogP contribution in [0.5, 0.6) is 0 Å². The highest BCUT2D eigenvalue weighted by molar-refractivity contribution is 9.10. The van der Waals surface area contributed by atoms with Crippen LogP contribution in [0.25, 0.3) is 20.8 Å². The van der Waals surface area contributed by atoms with Crippen LogP contribution in [0.4, 0.5) is 5.00 Å². The third kappa shape index (κ3) is 3.81. The molecule has 1 aliphatic heterocycles. The molecule has 2 N–H and O–H groups in total. The molecular weight excluding hydrogens is 502 g/mol. The molecule has 0 saturated carbocycles. The number of hydrogen-bond acceptors (Lipinski definition) is 5. The highest BCUT2D eigenvalue weighted by Crippen LogP contribution is 2.50. The smallest absolute Gasteiger partial charge is 0.257 e. The Hall–Kier alpha value is -2.06. The summed E-state index contributed by atoms with van der Waals surface area (Å²) in [6.07, 6.45) is 0.873. The monoisotopic (exact) mass is 525 g/mol. The number of carbonyl (C=O) groups is 1. The van der Waals surface area contributed by atoms with Gasteiger partial charge in [0.1, 0.15) is 10.0 Å². The number of fused-ring (bicyclic) bond motifs is 2. The van der Waals surface area contributed by atoms with Crippen molar-refractivity contribution >= 4 is 59.7 Å². The molecule has 1 amide bonds. The number of hydrogen-bond donors (Lipinski definition) is 2. The first-order valence-corrected chi connectivity index (χ1v) is 12.9. The maximum atomic E-state index is 13.2. The summed E-state index contributed by atoms with van der Waals surface area (Å²) in [6, 6.07) is 15.7. The molecule has 0 saturated heterocycles. The maximum absolute atomic E-state index is 13.2. The largest absolute Gasteiger partial charge is 0.313 e. The van der Waals surface area contributed by atoms with Gasteiger partial charge in [0.25, 0.3) is 5.91 Å². The highest BCUT2D eigenvalue weighted by atomic mass is 79.9. The van der Waals surface area contributed by atoms with Crippen molar-refractivity contribution in [1.29, 1.82) is 0 Å². The van der Waals surface area contributed by atoms with Crippen molar-refractivity contribution in [2.24, 2.45) is 0 Å². The standard InChI is InChI=1S/C25H24BrN3OS2/c1-24(2)13-15-19(22-27-17-11-7-8-12-18(17)31-22)23(32-20(15)25(3,4)29-24)28-21(30)14-9-5-6-10-16(14)26/h5-12,29H,13H2,1-4H3,(H,28,30). The second kappa shape index (κ2) is 7.76. The lowest BCUT2D eigenvalue weighted by Gasteiger charge is -2.42. The molecule has 164 valence electrons. The van der Waals surface area contributed by atoms with Crippen molar-refractivity contribution < 1.29 is 4.79 Å². The van der Waals surface area contributed by atoms with Crippen LogP contribution in [0, 0.1) is 0 Å². The summed E-state index contributed by atoms with van der Waals surface area (Å²) in [6.45, 7) is 8.89. The zero-order chi connectivity index (χ0) is 22.7. The Morgan fingerprint density at radius 2 is 1.78 bits per heavy atom. The minimum absolute atomic E-state index is 0.0628. The number of halogens is 1. The fourth-order valence-corrected chi connectivity index (χ4v) is 7.48. The summed E-state index contributed by atoms with van der Waals surface area (Å²) in [4.78, 5) is 19.4. The van der Waals surface area contributed by atoms with Gasteiger partial charge in [0.2, 0.25) is 0 Å². The molecule has 0 bridgehead atoms. The molecule has 4 nitrogen and oxygen atoms in total. The fourth-order valence-electron chi connectivity index (χ4n) is 4.64. The number of carbonyl (C=O) groups excluding carboxylic acids is 1. The number of thiophene rings is 1. The Kier molecular flexibility index (Phi) is 5.28. The van der Waals surface area contributed by atoms with Gasteiger partial charge in [-0.3, -0.25) is 4.79 Å². The number of benzene rings is 2. The van der Waals surface area contributed by atoms with Gasteiger partial charge in [0.05, 0.1) is 15.8 Å². The first-order valence-electron chi connectivity index (χ1n) is 10.5. The molecule has 4 aromatic rings. The summed E-state index contributed by atoms with van der Waals surface area (Å²) >= 11 is 6.85. The van der Waals surface area contributed by atoms with Gasteiger partial charge < -0.3 is 10.6 Å². The van der Waals surface area contributed by atoms with Crippen LogP contribution >= 0.6 is 38.6 Å². The molecule has 0 fully saturated rings. The highest BCUT2D eigenvalue weighted by Gasteiger charge is 2.41. The average molecular weight is 527 g/mol. The van der Waals surface area contributed by atoms with Crippen molar-refractivity contribution in [3.63, 3.8) is 0 Å². The Balaban J connectivity index is 1.69. The molecule has 3 heterocycles. The van der Waals surface area contributed by atoms with E-state index in [0.717, 1.165) is 36.7 Å². The van der Waals surface area contributed by atoms with E-state index >= 15 is 0 Å². The Bertz CT molecular complexity index is 1320. The molecule has 1 aliphatic rings. The molecule has 0 unspecified atom stereocenters. The second-order valence-electron chi connectivity index (χ2n) is 9.35. The Morgan fingerprint density at radius 1 is 1.06 bits per heavy atom. The van der Waals surface area contributed by atoms with Crippen LogP contribution in [0.3, 0.4) is 0 Å². The lowest BCUT2D eigenvalue weighted by atomic mass is 9.81. The van der Waals surface area contributed by atoms with Crippen LogP contribution in [-0.4, -0.2) is 16.4 Å². The van der Waals surface area contributed by atoms with Crippen molar-refractivity contribution in [3.05, 3.63) is 69.0 Å². The summed E-state index contributed by atoms with van der Waals surface area (Å²) in [5.74, 6) is -0.122. The van der Waals surface area contributed by atoms with Crippen LogP contribution in [-0.2, 0) is 12.0 Å². The zero-order valence-electron chi connectivity index (χ0n) is 18.4. The molecule has 7 heteroatoms. The third-order valence-corrected chi connectivity index (χ3v) is 8.91. The van der Waals surface area contributed by atoms with E-state index in [-0.39, 0.29) is 17.0 Å². The van der Waals surface area contributed by atoms with Gasteiger partial charge in [-0.2, -0.15) is 0 Å². The minimum Gasteiger partial charge on any atom is -0.313 e. The first kappa shape index (κ1) is 21.8. The van der Waals surface area contributed by atoms with Crippen molar-refractivity contribution in [2.45, 2.75) is 45.2 Å². The fraction of sp³-hybridized carbons (Fsp3) is 0.280. The van der Waals surface area contributed by atoms with Crippen molar-refractivity contribution in [1.82, 2.24) is 10.3 Å². The normalized spacial score (nSPS) is 16.7. The van der Waals surface area contributed by atoms with Crippen molar-refractivity contribution in [3.8, 4) is 10.6 Å². The van der Waals surface area contributed by atoms with E-state index in [1.165, 1.54) is 10.4 Å². The van der Waals surface area contributed by atoms with Crippen LogP contribution in [0.1, 0.15) is 48.5 Å². The molecule has 0 aliphatic carbocycles. The number of anilines is 1. The van der Waals surface area contributed by atoms with E-state index in [2.05, 4.69) is 60.3 Å². The number of para-hydroxylation sites is 1. The van der Waals surface area contributed by atoms with Crippen LogP contribution in [0.15, 0.2) is 53.0 Å². The maximum Gasteiger partial charge on any atom is 0.257 e. The SMILES string of the molecule is CC1(C)Cc2c(sc(NC(=O)c3ccccc3Br)c2-c2nc3ccccc3s2)C(C)(C)N1. The van der Waals surface area contributed by atoms with Gasteiger partial charge in [0.15, 0.2) is 0 Å². The zero-order valence-corrected chi connectivity index (χ0v) is 21.6. The summed E-state index contributed by atoms with van der Waals surface area (Å²) in [5, 5.41) is 8.82. The topological polar surface area (TPSA) is 54.0 Å². The number of amides is 1. The predicted molar refractivity (Wildman–Crippen MR) is 139 cm³/mol. The summed E-state index contributed by atoms with van der Waals surface area (Å²) < 4.78 is 1.93. The molecular formula is C25H24BrN3OS2. The van der Waals surface area contributed by atoms with Gasteiger partial charge in [-0.1, -0.05) is 24.3 Å². The second-order valence-corrected chi connectivity index (χ2v) is 12.3.